The Labute approximate surface area is 100 Å². The Hall–Kier alpha value is -0.760. The van der Waals surface area contributed by atoms with Gasteiger partial charge in [-0.3, -0.25) is 0 Å². The third kappa shape index (κ3) is 3.12. The van der Waals surface area contributed by atoms with Gasteiger partial charge in [0.05, 0.1) is 17.7 Å². The van der Waals surface area contributed by atoms with Crippen LogP contribution in [0.15, 0.2) is 16.6 Å². The highest BCUT2D eigenvalue weighted by Gasteiger charge is 2.39. The van der Waals surface area contributed by atoms with Crippen molar-refractivity contribution in [2.24, 2.45) is 0 Å². The van der Waals surface area contributed by atoms with Crippen LogP contribution in [0.25, 0.3) is 0 Å². The summed E-state index contributed by atoms with van der Waals surface area (Å²) in [5.41, 5.74) is -3.54. The van der Waals surface area contributed by atoms with Crippen LogP contribution in [0.5, 0.6) is 0 Å². The van der Waals surface area contributed by atoms with Crippen molar-refractivity contribution < 1.29 is 31.4 Å². The van der Waals surface area contributed by atoms with E-state index >= 15 is 0 Å². The number of hydrogen-bond acceptors (Lipinski definition) is 1. The summed E-state index contributed by atoms with van der Waals surface area (Å²) in [5.74, 6) is 0. The molecular weight excluding hydrogens is 318 g/mol. The van der Waals surface area contributed by atoms with E-state index in [9.17, 15) is 26.3 Å². The van der Waals surface area contributed by atoms with Crippen LogP contribution >= 0.6 is 15.9 Å². The molecule has 0 unspecified atom stereocenters. The zero-order valence-electron chi connectivity index (χ0n) is 7.95. The second-order valence-corrected chi connectivity index (χ2v) is 3.99. The minimum Gasteiger partial charge on any atom is -0.392 e. The van der Waals surface area contributed by atoms with Crippen LogP contribution in [-0.2, 0) is 19.0 Å². The summed E-state index contributed by atoms with van der Waals surface area (Å²) in [5, 5.41) is 8.75. The third-order valence-corrected chi connectivity index (χ3v) is 2.69. The molecule has 0 aromatic heterocycles. The van der Waals surface area contributed by atoms with E-state index in [1.165, 1.54) is 0 Å². The van der Waals surface area contributed by atoms with Crippen LogP contribution in [0.1, 0.15) is 16.7 Å². The maximum atomic E-state index is 12.5. The van der Waals surface area contributed by atoms with Crippen LogP contribution in [0.3, 0.4) is 0 Å². The number of aliphatic hydroxyl groups is 1. The molecule has 0 aliphatic carbocycles. The van der Waals surface area contributed by atoms with Gasteiger partial charge in [-0.25, -0.2) is 0 Å². The summed E-state index contributed by atoms with van der Waals surface area (Å²) in [6.45, 7) is -1.01. The summed E-state index contributed by atoms with van der Waals surface area (Å²) in [4.78, 5) is 0. The molecule has 0 atom stereocenters. The van der Waals surface area contributed by atoms with Crippen molar-refractivity contribution in [3.05, 3.63) is 33.3 Å². The lowest BCUT2D eigenvalue weighted by Gasteiger charge is -2.16. The highest BCUT2D eigenvalue weighted by atomic mass is 79.9. The smallest absolute Gasteiger partial charge is 0.392 e. The van der Waals surface area contributed by atoms with Crippen molar-refractivity contribution in [1.82, 2.24) is 0 Å². The molecule has 0 aliphatic heterocycles. The van der Waals surface area contributed by atoms with E-state index in [1.54, 1.807) is 0 Å². The average molecular weight is 323 g/mol. The Balaban J connectivity index is 3.51. The van der Waals surface area contributed by atoms with Gasteiger partial charge in [0.1, 0.15) is 0 Å². The maximum absolute atomic E-state index is 12.5. The monoisotopic (exact) mass is 322 g/mol. The number of alkyl halides is 6. The summed E-state index contributed by atoms with van der Waals surface area (Å²) < 4.78 is 74.0. The van der Waals surface area contributed by atoms with Gasteiger partial charge in [0, 0.05) is 10.0 Å². The van der Waals surface area contributed by atoms with Gasteiger partial charge < -0.3 is 5.11 Å². The SMILES string of the molecule is OCc1c(Br)cc(C(F)(F)F)cc1C(F)(F)F. The highest BCUT2D eigenvalue weighted by molar-refractivity contribution is 9.10. The topological polar surface area (TPSA) is 20.2 Å². The molecule has 0 aliphatic rings. The maximum Gasteiger partial charge on any atom is 0.416 e. The normalized spacial score (nSPS) is 12.9. The molecule has 1 rings (SSSR count). The lowest BCUT2D eigenvalue weighted by atomic mass is 10.0. The fraction of sp³-hybridized carbons (Fsp3) is 0.333. The Kier molecular flexibility index (Phi) is 3.78. The second-order valence-electron chi connectivity index (χ2n) is 3.14. The highest BCUT2D eigenvalue weighted by Crippen LogP contribution is 2.40. The largest absolute Gasteiger partial charge is 0.416 e. The Morgan fingerprint density at radius 2 is 1.53 bits per heavy atom. The van der Waals surface area contributed by atoms with Crippen LogP contribution < -0.4 is 0 Å². The predicted molar refractivity (Wildman–Crippen MR) is 50.1 cm³/mol. The van der Waals surface area contributed by atoms with Gasteiger partial charge in [0.25, 0.3) is 0 Å². The minimum atomic E-state index is -4.96. The second kappa shape index (κ2) is 4.49. The molecule has 8 heteroatoms. The zero-order chi connectivity index (χ0) is 13.4. The minimum absolute atomic E-state index is 0.0175. The quantitative estimate of drug-likeness (QED) is 0.775. The predicted octanol–water partition coefficient (Wildman–Crippen LogP) is 3.98. The average Bonchev–Trinajstić information content (AvgIpc) is 2.13. The number of rotatable bonds is 1. The fourth-order valence-electron chi connectivity index (χ4n) is 1.21. The molecule has 96 valence electrons. The van der Waals surface area contributed by atoms with Gasteiger partial charge >= 0.3 is 12.4 Å². The van der Waals surface area contributed by atoms with Crippen molar-refractivity contribution in [2.45, 2.75) is 19.0 Å². The zero-order valence-corrected chi connectivity index (χ0v) is 9.54. The Morgan fingerprint density at radius 1 is 1.00 bits per heavy atom. The molecule has 0 heterocycles. The number of aliphatic hydroxyl groups excluding tert-OH is 1. The van der Waals surface area contributed by atoms with Gasteiger partial charge in [-0.05, 0) is 12.1 Å². The van der Waals surface area contributed by atoms with Gasteiger partial charge in [-0.1, -0.05) is 15.9 Å². The van der Waals surface area contributed by atoms with E-state index in [0.29, 0.717) is 6.07 Å². The molecule has 0 spiro atoms. The van der Waals surface area contributed by atoms with Crippen LogP contribution in [-0.4, -0.2) is 5.11 Å². The van der Waals surface area contributed by atoms with E-state index in [-0.39, 0.29) is 6.07 Å². The lowest BCUT2D eigenvalue weighted by molar-refractivity contribution is -0.143. The number of hydrogen-bond donors (Lipinski definition) is 1. The summed E-state index contributed by atoms with van der Waals surface area (Å²) in [6, 6.07) is 0.483. The van der Waals surface area contributed by atoms with Crippen LogP contribution in [0.2, 0.25) is 0 Å². The van der Waals surface area contributed by atoms with Gasteiger partial charge in [-0.15, -0.1) is 0 Å². The Bertz CT molecular complexity index is 423. The summed E-state index contributed by atoms with van der Waals surface area (Å²) >= 11 is 2.58. The van der Waals surface area contributed by atoms with Crippen LogP contribution in [0.4, 0.5) is 26.3 Å². The van der Waals surface area contributed by atoms with Gasteiger partial charge in [-0.2, -0.15) is 26.3 Å². The van der Waals surface area contributed by atoms with Crippen molar-refractivity contribution in [1.29, 1.82) is 0 Å². The first-order chi connectivity index (χ1) is 7.57. The van der Waals surface area contributed by atoms with E-state index in [0.717, 1.165) is 0 Å². The van der Waals surface area contributed by atoms with E-state index in [4.69, 9.17) is 5.11 Å². The summed E-state index contributed by atoms with van der Waals surface area (Å²) in [6.07, 6.45) is -9.83. The van der Waals surface area contributed by atoms with E-state index in [2.05, 4.69) is 15.9 Å². The molecular formula is C9H5BrF6O. The molecule has 17 heavy (non-hydrogen) atoms. The van der Waals surface area contributed by atoms with Crippen molar-refractivity contribution in [3.8, 4) is 0 Å². The molecule has 1 nitrogen and oxygen atoms in total. The number of benzene rings is 1. The van der Waals surface area contributed by atoms with Crippen LogP contribution in [0, 0.1) is 0 Å². The third-order valence-electron chi connectivity index (χ3n) is 1.99. The van der Waals surface area contributed by atoms with Crippen molar-refractivity contribution in [2.75, 3.05) is 0 Å². The van der Waals surface area contributed by atoms with E-state index in [1.807, 2.05) is 0 Å². The molecule has 0 saturated heterocycles. The lowest BCUT2D eigenvalue weighted by Crippen LogP contribution is -2.14. The van der Waals surface area contributed by atoms with Gasteiger partial charge in [0.15, 0.2) is 0 Å². The molecule has 1 aromatic carbocycles. The molecule has 0 saturated carbocycles. The molecule has 1 aromatic rings. The molecule has 0 radical (unpaired) electrons. The van der Waals surface area contributed by atoms with Crippen molar-refractivity contribution in [3.63, 3.8) is 0 Å². The van der Waals surface area contributed by atoms with E-state index < -0.39 is 40.1 Å². The number of halogens is 7. The van der Waals surface area contributed by atoms with Crippen molar-refractivity contribution >= 4 is 15.9 Å². The first-order valence-corrected chi connectivity index (χ1v) is 4.94. The molecule has 1 N–H and O–H groups in total. The first kappa shape index (κ1) is 14.3. The standard InChI is InChI=1S/C9H5BrF6O/c10-7-2-4(8(11,12)13)1-6(5(7)3-17)9(14,15)16/h1-2,17H,3H2. The molecule has 0 amide bonds. The fourth-order valence-corrected chi connectivity index (χ4v) is 1.80. The molecule has 0 bridgehead atoms. The molecule has 0 fully saturated rings. The summed E-state index contributed by atoms with van der Waals surface area (Å²) in [7, 11) is 0. The Morgan fingerprint density at radius 3 is 1.88 bits per heavy atom. The first-order valence-electron chi connectivity index (χ1n) is 4.15. The van der Waals surface area contributed by atoms with Gasteiger partial charge in [0.2, 0.25) is 0 Å².